The first kappa shape index (κ1) is 10.9. The first-order chi connectivity index (χ1) is 5.52. The van der Waals surface area contributed by atoms with Crippen LogP contribution in [0, 0.1) is 0 Å². The average Bonchev–Trinajstić information content (AvgIpc) is 1.95. The van der Waals surface area contributed by atoms with Gasteiger partial charge in [-0.1, -0.05) is 12.2 Å². The maximum absolute atomic E-state index is 12.0. The largest absolute Gasteiger partial charge is 0.417 e. The molecule has 0 rings (SSSR count). The Balaban J connectivity index is 4.57. The van der Waals surface area contributed by atoms with Crippen molar-refractivity contribution in [2.24, 2.45) is 10.7 Å². The summed E-state index contributed by atoms with van der Waals surface area (Å²) in [6.07, 6.45) is -1.68. The fourth-order valence-electron chi connectivity index (χ4n) is 0.504. The molecule has 12 heavy (non-hydrogen) atoms. The average molecular weight is 178 g/mol. The Morgan fingerprint density at radius 1 is 1.50 bits per heavy atom. The zero-order valence-electron chi connectivity index (χ0n) is 6.30. The normalized spacial score (nSPS) is 13.8. The summed E-state index contributed by atoms with van der Waals surface area (Å²) < 4.78 is 35.9. The van der Waals surface area contributed by atoms with E-state index in [4.69, 9.17) is 5.73 Å². The molecule has 0 aromatic heterocycles. The van der Waals surface area contributed by atoms with Crippen LogP contribution < -0.4 is 5.73 Å². The molecule has 0 spiro atoms. The third kappa shape index (κ3) is 3.92. The van der Waals surface area contributed by atoms with Gasteiger partial charge in [-0.05, 0) is 6.72 Å². The number of hydrogen-bond donors (Lipinski definition) is 1. The van der Waals surface area contributed by atoms with E-state index in [1.807, 2.05) is 0 Å². The number of rotatable bonds is 3. The molecule has 0 aliphatic rings. The molecule has 0 amide bonds. The van der Waals surface area contributed by atoms with Gasteiger partial charge in [0.1, 0.15) is 0 Å². The van der Waals surface area contributed by atoms with E-state index >= 15 is 0 Å². The van der Waals surface area contributed by atoms with Crippen LogP contribution in [-0.2, 0) is 0 Å². The van der Waals surface area contributed by atoms with Crippen LogP contribution in [0.2, 0.25) is 0 Å². The van der Waals surface area contributed by atoms with Gasteiger partial charge >= 0.3 is 6.18 Å². The van der Waals surface area contributed by atoms with Crippen LogP contribution in [0.1, 0.15) is 0 Å². The summed E-state index contributed by atoms with van der Waals surface area (Å²) in [5.41, 5.74) is 4.13. The highest BCUT2D eigenvalue weighted by atomic mass is 19.4. The summed E-state index contributed by atoms with van der Waals surface area (Å²) in [6, 6.07) is 0. The van der Waals surface area contributed by atoms with Gasteiger partial charge in [0.25, 0.3) is 0 Å². The van der Waals surface area contributed by atoms with E-state index in [2.05, 4.69) is 11.7 Å². The number of alkyl halides is 3. The molecule has 0 bridgehead atoms. The second kappa shape index (κ2) is 4.71. The van der Waals surface area contributed by atoms with Crippen LogP contribution in [0.4, 0.5) is 13.2 Å². The lowest BCUT2D eigenvalue weighted by Crippen LogP contribution is -2.10. The lowest BCUT2D eigenvalue weighted by Gasteiger charge is -2.05. The fourth-order valence-corrected chi connectivity index (χ4v) is 0.504. The number of aliphatic imine (C=N–C) groups is 1. The van der Waals surface area contributed by atoms with Gasteiger partial charge in [-0.15, -0.1) is 0 Å². The van der Waals surface area contributed by atoms with Gasteiger partial charge < -0.3 is 5.73 Å². The Kier molecular flexibility index (Phi) is 4.28. The van der Waals surface area contributed by atoms with Crippen molar-refractivity contribution in [3.05, 3.63) is 23.9 Å². The van der Waals surface area contributed by atoms with Gasteiger partial charge in [0.05, 0.1) is 5.57 Å². The topological polar surface area (TPSA) is 38.4 Å². The molecule has 0 saturated heterocycles. The Morgan fingerprint density at radius 2 is 2.08 bits per heavy atom. The summed E-state index contributed by atoms with van der Waals surface area (Å²) in [4.78, 5) is 3.03. The minimum Gasteiger partial charge on any atom is -0.327 e. The first-order valence-corrected chi connectivity index (χ1v) is 3.12. The van der Waals surface area contributed by atoms with Crippen LogP contribution >= 0.6 is 0 Å². The fraction of sp³-hybridized carbons (Fsp3) is 0.286. The van der Waals surface area contributed by atoms with Gasteiger partial charge in [0.15, 0.2) is 0 Å². The monoisotopic (exact) mass is 178 g/mol. The predicted octanol–water partition coefficient (Wildman–Crippen LogP) is 1.65. The van der Waals surface area contributed by atoms with Crippen molar-refractivity contribution in [2.45, 2.75) is 6.18 Å². The van der Waals surface area contributed by atoms with E-state index < -0.39 is 11.7 Å². The summed E-state index contributed by atoms with van der Waals surface area (Å²) in [5.74, 6) is 0. The first-order valence-electron chi connectivity index (χ1n) is 3.12. The molecule has 0 aliphatic heterocycles. The zero-order chi connectivity index (χ0) is 9.61. The van der Waals surface area contributed by atoms with E-state index in [9.17, 15) is 13.2 Å². The highest BCUT2D eigenvalue weighted by molar-refractivity contribution is 5.30. The molecular formula is C7H9F3N2. The van der Waals surface area contributed by atoms with Crippen molar-refractivity contribution in [2.75, 3.05) is 6.54 Å². The molecule has 5 heteroatoms. The molecule has 0 saturated carbocycles. The van der Waals surface area contributed by atoms with Crippen molar-refractivity contribution in [3.63, 3.8) is 0 Å². The van der Waals surface area contributed by atoms with E-state index in [0.717, 1.165) is 6.08 Å². The van der Waals surface area contributed by atoms with Gasteiger partial charge in [0, 0.05) is 12.7 Å². The maximum atomic E-state index is 12.0. The van der Waals surface area contributed by atoms with Crippen LogP contribution in [0.5, 0.6) is 0 Å². The minimum atomic E-state index is -4.40. The second-order valence-corrected chi connectivity index (χ2v) is 1.90. The van der Waals surface area contributed by atoms with Crippen molar-refractivity contribution in [1.82, 2.24) is 0 Å². The molecule has 0 unspecified atom stereocenters. The highest BCUT2D eigenvalue weighted by Gasteiger charge is 2.31. The maximum Gasteiger partial charge on any atom is 0.417 e. The Hall–Kier alpha value is -1.10. The number of nitrogens with zero attached hydrogens (tertiary/aromatic N) is 1. The summed E-state index contributed by atoms with van der Waals surface area (Å²) in [6.45, 7) is 2.99. The van der Waals surface area contributed by atoms with Crippen molar-refractivity contribution < 1.29 is 13.2 Å². The molecule has 2 nitrogen and oxygen atoms in total. The number of hydrogen-bond acceptors (Lipinski definition) is 2. The second-order valence-electron chi connectivity index (χ2n) is 1.90. The van der Waals surface area contributed by atoms with Crippen LogP contribution in [0.3, 0.4) is 0 Å². The van der Waals surface area contributed by atoms with Gasteiger partial charge in [0.2, 0.25) is 0 Å². The molecular weight excluding hydrogens is 169 g/mol. The molecule has 0 fully saturated rings. The quantitative estimate of drug-likeness (QED) is 0.518. The standard InChI is InChI=1S/C7H9F3N2/c1-12-5-6(3-2-4-11)7(8,9)10/h2-3,5H,1,4,11H2/b3-2-,6-5+. The molecule has 2 N–H and O–H groups in total. The van der Waals surface area contributed by atoms with Crippen molar-refractivity contribution in [1.29, 1.82) is 0 Å². The number of allylic oxidation sites excluding steroid dienone is 2. The predicted molar refractivity (Wildman–Crippen MR) is 41.9 cm³/mol. The van der Waals surface area contributed by atoms with E-state index in [-0.39, 0.29) is 6.54 Å². The van der Waals surface area contributed by atoms with Gasteiger partial charge in [-0.3, -0.25) is 4.99 Å². The van der Waals surface area contributed by atoms with Gasteiger partial charge in [-0.25, -0.2) is 0 Å². The smallest absolute Gasteiger partial charge is 0.327 e. The molecule has 0 aromatic carbocycles. The summed E-state index contributed by atoms with van der Waals surface area (Å²) >= 11 is 0. The van der Waals surface area contributed by atoms with E-state index in [1.165, 1.54) is 6.08 Å². The third-order valence-corrected chi connectivity index (χ3v) is 0.991. The number of nitrogens with two attached hydrogens (primary N) is 1. The number of halogens is 3. The summed E-state index contributed by atoms with van der Waals surface area (Å²) in [5, 5.41) is 0. The summed E-state index contributed by atoms with van der Waals surface area (Å²) in [7, 11) is 0. The molecule has 0 atom stereocenters. The van der Waals surface area contributed by atoms with E-state index in [0.29, 0.717) is 6.20 Å². The lowest BCUT2D eigenvalue weighted by atomic mass is 10.2. The molecule has 0 aliphatic carbocycles. The SMILES string of the molecule is C=N/C=C(\C=C/CN)C(F)(F)F. The van der Waals surface area contributed by atoms with Crippen LogP contribution in [0.15, 0.2) is 28.9 Å². The van der Waals surface area contributed by atoms with Crippen molar-refractivity contribution in [3.8, 4) is 0 Å². The minimum absolute atomic E-state index is 0.0601. The van der Waals surface area contributed by atoms with Gasteiger partial charge in [-0.2, -0.15) is 13.2 Å². The molecule has 68 valence electrons. The Labute approximate surface area is 68.3 Å². The highest BCUT2D eigenvalue weighted by Crippen LogP contribution is 2.26. The Morgan fingerprint density at radius 3 is 2.42 bits per heavy atom. The van der Waals surface area contributed by atoms with Crippen molar-refractivity contribution >= 4 is 6.72 Å². The zero-order valence-corrected chi connectivity index (χ0v) is 6.30. The van der Waals surface area contributed by atoms with Crippen LogP contribution in [-0.4, -0.2) is 19.4 Å². The third-order valence-electron chi connectivity index (χ3n) is 0.991. The Bertz CT molecular complexity index is 203. The molecule has 0 radical (unpaired) electrons. The van der Waals surface area contributed by atoms with Crippen LogP contribution in [0.25, 0.3) is 0 Å². The molecule has 0 aromatic rings. The van der Waals surface area contributed by atoms with E-state index in [1.54, 1.807) is 0 Å². The molecule has 0 heterocycles. The lowest BCUT2D eigenvalue weighted by molar-refractivity contribution is -0.0883.